The van der Waals surface area contributed by atoms with Crippen molar-refractivity contribution in [3.63, 3.8) is 0 Å². The molecule has 18 heavy (non-hydrogen) atoms. The molecule has 98 valence electrons. The highest BCUT2D eigenvalue weighted by atomic mass is 35.5. The average Bonchev–Trinajstić information content (AvgIpc) is 2.69. The molecular formula is C15H19ClO2. The molecule has 0 spiro atoms. The van der Waals surface area contributed by atoms with E-state index in [4.69, 9.17) is 16.0 Å². The Morgan fingerprint density at radius 1 is 1.33 bits per heavy atom. The number of para-hydroxylation sites is 1. The molecule has 0 bridgehead atoms. The zero-order valence-electron chi connectivity index (χ0n) is 11.0. The molecule has 0 amide bonds. The van der Waals surface area contributed by atoms with Crippen molar-refractivity contribution in [2.45, 2.75) is 39.7 Å². The third-order valence-corrected chi connectivity index (χ3v) is 3.51. The molecular weight excluding hydrogens is 248 g/mol. The Bertz CT molecular complexity index is 537. The summed E-state index contributed by atoms with van der Waals surface area (Å²) in [6, 6.07) is 7.71. The number of halogens is 1. The van der Waals surface area contributed by atoms with Gasteiger partial charge in [-0.05, 0) is 24.0 Å². The third-order valence-electron chi connectivity index (χ3n) is 3.21. The first-order chi connectivity index (χ1) is 8.38. The van der Waals surface area contributed by atoms with E-state index in [2.05, 4.69) is 0 Å². The maximum atomic E-state index is 10.0. The Balaban J connectivity index is 2.11. The summed E-state index contributed by atoms with van der Waals surface area (Å²) in [6.07, 6.45) is 1.09. The molecule has 1 aromatic heterocycles. The largest absolute Gasteiger partial charge is 0.460 e. The topological polar surface area (TPSA) is 33.4 Å². The van der Waals surface area contributed by atoms with Gasteiger partial charge in [0.15, 0.2) is 5.58 Å². The van der Waals surface area contributed by atoms with Gasteiger partial charge in [0.05, 0.1) is 11.1 Å². The summed E-state index contributed by atoms with van der Waals surface area (Å²) in [5.41, 5.74) is 0.642. The molecule has 2 nitrogen and oxygen atoms in total. The van der Waals surface area contributed by atoms with Crippen LogP contribution in [0.3, 0.4) is 0 Å². The van der Waals surface area contributed by atoms with Crippen LogP contribution in [0.25, 0.3) is 11.0 Å². The van der Waals surface area contributed by atoms with E-state index in [1.165, 1.54) is 0 Å². The first-order valence-electron chi connectivity index (χ1n) is 6.23. The number of rotatable bonds is 3. The third kappa shape index (κ3) is 2.88. The van der Waals surface area contributed by atoms with Crippen molar-refractivity contribution in [1.29, 1.82) is 0 Å². The SMILES string of the molecule is CC(C)(C)C(O)CCc1cc2cccc(Cl)c2o1. The first-order valence-corrected chi connectivity index (χ1v) is 6.61. The van der Waals surface area contributed by atoms with Crippen molar-refractivity contribution in [3.8, 4) is 0 Å². The lowest BCUT2D eigenvalue weighted by Crippen LogP contribution is -2.26. The normalized spacial score (nSPS) is 14.1. The van der Waals surface area contributed by atoms with Gasteiger partial charge in [0.1, 0.15) is 5.76 Å². The van der Waals surface area contributed by atoms with Gasteiger partial charge in [-0.15, -0.1) is 0 Å². The van der Waals surface area contributed by atoms with Gasteiger partial charge in [-0.1, -0.05) is 44.5 Å². The van der Waals surface area contributed by atoms with Gasteiger partial charge in [-0.2, -0.15) is 0 Å². The Morgan fingerprint density at radius 3 is 2.67 bits per heavy atom. The summed E-state index contributed by atoms with van der Waals surface area (Å²) < 4.78 is 5.72. The van der Waals surface area contributed by atoms with Crippen LogP contribution in [-0.2, 0) is 6.42 Å². The number of aliphatic hydroxyl groups is 1. The number of benzene rings is 1. The summed E-state index contributed by atoms with van der Waals surface area (Å²) >= 11 is 6.06. The molecule has 0 aliphatic rings. The van der Waals surface area contributed by atoms with Crippen molar-refractivity contribution in [1.82, 2.24) is 0 Å². The van der Waals surface area contributed by atoms with Crippen LogP contribution < -0.4 is 0 Å². The van der Waals surface area contributed by atoms with Gasteiger partial charge in [0.25, 0.3) is 0 Å². The van der Waals surface area contributed by atoms with E-state index in [9.17, 15) is 5.11 Å². The highest BCUT2D eigenvalue weighted by molar-refractivity contribution is 6.34. The zero-order valence-corrected chi connectivity index (χ0v) is 11.8. The molecule has 2 rings (SSSR count). The minimum absolute atomic E-state index is 0.0936. The van der Waals surface area contributed by atoms with Crippen LogP contribution in [0.15, 0.2) is 28.7 Å². The van der Waals surface area contributed by atoms with Crippen LogP contribution in [0.1, 0.15) is 33.0 Å². The second-order valence-corrected chi connectivity index (χ2v) is 6.20. The second kappa shape index (κ2) is 4.94. The fourth-order valence-corrected chi connectivity index (χ4v) is 2.14. The lowest BCUT2D eigenvalue weighted by atomic mass is 9.86. The molecule has 0 saturated carbocycles. The monoisotopic (exact) mass is 266 g/mol. The Hall–Kier alpha value is -0.990. The lowest BCUT2D eigenvalue weighted by molar-refractivity contribution is 0.0549. The smallest absolute Gasteiger partial charge is 0.152 e. The Morgan fingerprint density at radius 2 is 2.06 bits per heavy atom. The Labute approximate surface area is 113 Å². The number of hydrogen-bond donors (Lipinski definition) is 1. The quantitative estimate of drug-likeness (QED) is 0.892. The van der Waals surface area contributed by atoms with E-state index in [1.807, 2.05) is 45.0 Å². The summed E-state index contributed by atoms with van der Waals surface area (Å²) in [5.74, 6) is 0.876. The minimum atomic E-state index is -0.332. The predicted octanol–water partition coefficient (Wildman–Crippen LogP) is 4.43. The number of aryl methyl sites for hydroxylation is 1. The van der Waals surface area contributed by atoms with Gasteiger partial charge < -0.3 is 9.52 Å². The molecule has 1 heterocycles. The maximum absolute atomic E-state index is 10.0. The average molecular weight is 267 g/mol. The molecule has 1 atom stereocenters. The molecule has 3 heteroatoms. The van der Waals surface area contributed by atoms with Crippen molar-refractivity contribution in [3.05, 3.63) is 35.0 Å². The van der Waals surface area contributed by atoms with E-state index < -0.39 is 0 Å². The van der Waals surface area contributed by atoms with E-state index in [0.717, 1.165) is 23.2 Å². The van der Waals surface area contributed by atoms with Crippen molar-refractivity contribution in [2.24, 2.45) is 5.41 Å². The second-order valence-electron chi connectivity index (χ2n) is 5.79. The first kappa shape index (κ1) is 13.4. The summed E-state index contributed by atoms with van der Waals surface area (Å²) in [4.78, 5) is 0. The number of fused-ring (bicyclic) bond motifs is 1. The molecule has 2 aromatic rings. The minimum Gasteiger partial charge on any atom is -0.460 e. The summed E-state index contributed by atoms with van der Waals surface area (Å²) in [7, 11) is 0. The molecule has 1 aromatic carbocycles. The standard InChI is InChI=1S/C15H19ClO2/c1-15(2,3)13(17)8-7-11-9-10-5-4-6-12(16)14(10)18-11/h4-6,9,13,17H,7-8H2,1-3H3. The molecule has 1 unspecified atom stereocenters. The van der Waals surface area contributed by atoms with Crippen LogP contribution in [0.2, 0.25) is 5.02 Å². The molecule has 0 aliphatic carbocycles. The van der Waals surface area contributed by atoms with Gasteiger partial charge >= 0.3 is 0 Å². The molecule has 0 saturated heterocycles. The fraction of sp³-hybridized carbons (Fsp3) is 0.467. The van der Waals surface area contributed by atoms with E-state index >= 15 is 0 Å². The molecule has 0 radical (unpaired) electrons. The van der Waals surface area contributed by atoms with Crippen molar-refractivity contribution in [2.75, 3.05) is 0 Å². The van der Waals surface area contributed by atoms with E-state index in [0.29, 0.717) is 11.4 Å². The summed E-state index contributed by atoms with van der Waals surface area (Å²) in [6.45, 7) is 6.10. The highest BCUT2D eigenvalue weighted by Crippen LogP contribution is 2.28. The van der Waals surface area contributed by atoms with Crippen LogP contribution in [-0.4, -0.2) is 11.2 Å². The van der Waals surface area contributed by atoms with Gasteiger partial charge in [0.2, 0.25) is 0 Å². The van der Waals surface area contributed by atoms with Crippen molar-refractivity contribution >= 4 is 22.6 Å². The maximum Gasteiger partial charge on any atom is 0.152 e. The van der Waals surface area contributed by atoms with Crippen molar-refractivity contribution < 1.29 is 9.52 Å². The molecule has 1 N–H and O–H groups in total. The zero-order chi connectivity index (χ0) is 13.3. The lowest BCUT2D eigenvalue weighted by Gasteiger charge is -2.25. The van der Waals surface area contributed by atoms with Crippen LogP contribution in [0.5, 0.6) is 0 Å². The van der Waals surface area contributed by atoms with Gasteiger partial charge in [-0.25, -0.2) is 0 Å². The number of furan rings is 1. The highest BCUT2D eigenvalue weighted by Gasteiger charge is 2.22. The number of hydrogen-bond acceptors (Lipinski definition) is 2. The molecule has 0 aliphatic heterocycles. The van der Waals surface area contributed by atoms with E-state index in [1.54, 1.807) is 0 Å². The Kier molecular flexibility index (Phi) is 3.69. The summed E-state index contributed by atoms with van der Waals surface area (Å²) in [5, 5.41) is 11.7. The van der Waals surface area contributed by atoms with Gasteiger partial charge in [0, 0.05) is 11.8 Å². The van der Waals surface area contributed by atoms with Gasteiger partial charge in [-0.3, -0.25) is 0 Å². The number of aliphatic hydroxyl groups excluding tert-OH is 1. The fourth-order valence-electron chi connectivity index (χ4n) is 1.92. The van der Waals surface area contributed by atoms with Crippen LogP contribution in [0, 0.1) is 5.41 Å². The molecule has 0 fully saturated rings. The van der Waals surface area contributed by atoms with Crippen LogP contribution >= 0.6 is 11.6 Å². The van der Waals surface area contributed by atoms with Crippen LogP contribution in [0.4, 0.5) is 0 Å². The predicted molar refractivity (Wildman–Crippen MR) is 75.0 cm³/mol. The van der Waals surface area contributed by atoms with E-state index in [-0.39, 0.29) is 11.5 Å².